The molecule has 23 heavy (non-hydrogen) atoms. The molecule has 7 nitrogen and oxygen atoms in total. The number of carbonyl (C=O) groups is 1. The molecule has 0 aliphatic heterocycles. The Bertz CT molecular complexity index is 799. The molecule has 0 aliphatic carbocycles. The lowest BCUT2D eigenvalue weighted by Gasteiger charge is -2.17. The molecule has 0 bridgehead atoms. The minimum atomic E-state index is -3.61. The average molecular weight is 337 g/mol. The maximum atomic E-state index is 12.2. The van der Waals surface area contributed by atoms with Crippen LogP contribution in [0.25, 0.3) is 0 Å². The lowest BCUT2D eigenvalue weighted by Crippen LogP contribution is -2.37. The number of aryl methyl sites for hydroxylation is 2. The van der Waals surface area contributed by atoms with E-state index in [0.717, 1.165) is 5.56 Å². The highest BCUT2D eigenvalue weighted by molar-refractivity contribution is 7.89. The first-order valence-electron chi connectivity index (χ1n) is 7.07. The van der Waals surface area contributed by atoms with Gasteiger partial charge in [0.1, 0.15) is 5.76 Å². The molecule has 0 spiro atoms. The van der Waals surface area contributed by atoms with Crippen LogP contribution in [0.5, 0.6) is 0 Å². The molecule has 2 aromatic rings. The molecule has 1 aromatic carbocycles. The number of nitrogens with zero attached hydrogens (tertiary/aromatic N) is 2. The second kappa shape index (κ2) is 6.93. The van der Waals surface area contributed by atoms with Crippen molar-refractivity contribution in [1.29, 1.82) is 0 Å². The molecule has 0 saturated heterocycles. The van der Waals surface area contributed by atoms with Crippen LogP contribution in [0.3, 0.4) is 0 Å². The molecule has 0 fully saturated rings. The van der Waals surface area contributed by atoms with Gasteiger partial charge in [0, 0.05) is 26.1 Å². The summed E-state index contributed by atoms with van der Waals surface area (Å²) in [4.78, 5) is 13.2. The Hall–Kier alpha value is -2.19. The van der Waals surface area contributed by atoms with Crippen LogP contribution in [0.1, 0.15) is 18.2 Å². The van der Waals surface area contributed by atoms with Gasteiger partial charge in [-0.15, -0.1) is 0 Å². The average Bonchev–Trinajstić information content (AvgIpc) is 2.89. The van der Waals surface area contributed by atoms with Crippen LogP contribution in [-0.4, -0.2) is 32.6 Å². The lowest BCUT2D eigenvalue weighted by atomic mass is 10.2. The number of anilines is 1. The number of aromatic nitrogens is 1. The van der Waals surface area contributed by atoms with E-state index in [-0.39, 0.29) is 23.9 Å². The molecule has 1 aromatic heterocycles. The molecule has 1 heterocycles. The number of nitrogens with one attached hydrogen (secondary N) is 1. The summed E-state index contributed by atoms with van der Waals surface area (Å²) in [5, 5.41) is 3.78. The van der Waals surface area contributed by atoms with E-state index >= 15 is 0 Å². The summed E-state index contributed by atoms with van der Waals surface area (Å²) in [6.07, 6.45) is 0. The highest BCUT2D eigenvalue weighted by Crippen LogP contribution is 2.14. The standard InChI is InChI=1S/C15H19N3O4S/c1-11-5-4-6-14(9-11)23(20,21)16-7-8-18(13(3)19)15-10-12(2)22-17-15/h4-6,9-10,16H,7-8H2,1-3H3. The normalized spacial score (nSPS) is 11.4. The molecular formula is C15H19N3O4S. The van der Waals surface area contributed by atoms with E-state index in [4.69, 9.17) is 4.52 Å². The van der Waals surface area contributed by atoms with Crippen molar-refractivity contribution in [1.82, 2.24) is 9.88 Å². The summed E-state index contributed by atoms with van der Waals surface area (Å²) < 4.78 is 31.9. The first kappa shape index (κ1) is 17.2. The van der Waals surface area contributed by atoms with Gasteiger partial charge in [0.05, 0.1) is 4.90 Å². The van der Waals surface area contributed by atoms with Gasteiger partial charge < -0.3 is 4.52 Å². The van der Waals surface area contributed by atoms with E-state index in [1.165, 1.54) is 17.9 Å². The van der Waals surface area contributed by atoms with Crippen LogP contribution in [0, 0.1) is 13.8 Å². The summed E-state index contributed by atoms with van der Waals surface area (Å²) in [7, 11) is -3.61. The predicted molar refractivity (Wildman–Crippen MR) is 85.6 cm³/mol. The highest BCUT2D eigenvalue weighted by atomic mass is 32.2. The minimum absolute atomic E-state index is 0.0712. The Balaban J connectivity index is 2.03. The summed E-state index contributed by atoms with van der Waals surface area (Å²) in [5.74, 6) is 0.699. The number of amides is 1. The fourth-order valence-corrected chi connectivity index (χ4v) is 3.20. The van der Waals surface area contributed by atoms with Gasteiger partial charge in [0.25, 0.3) is 0 Å². The summed E-state index contributed by atoms with van der Waals surface area (Å²) >= 11 is 0. The van der Waals surface area contributed by atoms with Crippen molar-refractivity contribution in [3.8, 4) is 0 Å². The van der Waals surface area contributed by atoms with Crippen LogP contribution in [0.2, 0.25) is 0 Å². The van der Waals surface area contributed by atoms with Crippen LogP contribution < -0.4 is 9.62 Å². The predicted octanol–water partition coefficient (Wildman–Crippen LogP) is 1.62. The molecule has 1 N–H and O–H groups in total. The Morgan fingerprint density at radius 3 is 2.61 bits per heavy atom. The van der Waals surface area contributed by atoms with Crippen molar-refractivity contribution < 1.29 is 17.7 Å². The Morgan fingerprint density at radius 1 is 1.30 bits per heavy atom. The summed E-state index contributed by atoms with van der Waals surface area (Å²) in [6, 6.07) is 8.24. The second-order valence-corrected chi connectivity index (χ2v) is 6.95. The Labute approximate surface area is 135 Å². The monoisotopic (exact) mass is 337 g/mol. The van der Waals surface area contributed by atoms with Crippen LogP contribution >= 0.6 is 0 Å². The molecule has 0 radical (unpaired) electrons. The van der Waals surface area contributed by atoms with E-state index in [2.05, 4.69) is 9.88 Å². The van der Waals surface area contributed by atoms with Crippen LogP contribution in [-0.2, 0) is 14.8 Å². The smallest absolute Gasteiger partial charge is 0.240 e. The van der Waals surface area contributed by atoms with Crippen molar-refractivity contribution in [3.05, 3.63) is 41.7 Å². The van der Waals surface area contributed by atoms with Crippen LogP contribution in [0.4, 0.5) is 5.82 Å². The SMILES string of the molecule is CC(=O)N(CCNS(=O)(=O)c1cccc(C)c1)c1cc(C)on1. The maximum absolute atomic E-state index is 12.2. The topological polar surface area (TPSA) is 92.5 Å². The van der Waals surface area contributed by atoms with Gasteiger partial charge in [-0.25, -0.2) is 13.1 Å². The lowest BCUT2D eigenvalue weighted by molar-refractivity contribution is -0.116. The van der Waals surface area contributed by atoms with Gasteiger partial charge in [-0.2, -0.15) is 0 Å². The molecule has 2 rings (SSSR count). The summed E-state index contributed by atoms with van der Waals surface area (Å²) in [5.41, 5.74) is 0.858. The van der Waals surface area contributed by atoms with Crippen molar-refractivity contribution in [2.24, 2.45) is 0 Å². The quantitative estimate of drug-likeness (QED) is 0.865. The van der Waals surface area contributed by atoms with E-state index in [0.29, 0.717) is 11.6 Å². The van der Waals surface area contributed by atoms with Crippen LogP contribution in [0.15, 0.2) is 39.8 Å². The van der Waals surface area contributed by atoms with Gasteiger partial charge in [-0.05, 0) is 31.5 Å². The molecule has 1 amide bonds. The summed E-state index contributed by atoms with van der Waals surface area (Å²) in [6.45, 7) is 5.16. The largest absolute Gasteiger partial charge is 0.360 e. The molecule has 0 aliphatic rings. The van der Waals surface area contributed by atoms with Gasteiger partial charge in [-0.1, -0.05) is 17.3 Å². The van der Waals surface area contributed by atoms with E-state index < -0.39 is 10.0 Å². The second-order valence-electron chi connectivity index (χ2n) is 5.18. The maximum Gasteiger partial charge on any atom is 0.240 e. The third-order valence-electron chi connectivity index (χ3n) is 3.20. The number of rotatable bonds is 6. The van der Waals surface area contributed by atoms with Gasteiger partial charge >= 0.3 is 0 Å². The van der Waals surface area contributed by atoms with Crippen molar-refractivity contribution >= 4 is 21.7 Å². The molecule has 0 saturated carbocycles. The minimum Gasteiger partial charge on any atom is -0.360 e. The molecule has 124 valence electrons. The van der Waals surface area contributed by atoms with E-state index in [9.17, 15) is 13.2 Å². The zero-order valence-corrected chi connectivity index (χ0v) is 14.1. The molecule has 0 unspecified atom stereocenters. The zero-order valence-electron chi connectivity index (χ0n) is 13.2. The number of hydrogen-bond donors (Lipinski definition) is 1. The number of carbonyl (C=O) groups excluding carboxylic acids is 1. The van der Waals surface area contributed by atoms with Gasteiger partial charge in [-0.3, -0.25) is 9.69 Å². The fourth-order valence-electron chi connectivity index (χ4n) is 2.07. The zero-order chi connectivity index (χ0) is 17.0. The third-order valence-corrected chi connectivity index (χ3v) is 4.66. The number of sulfonamides is 1. The molecular weight excluding hydrogens is 318 g/mol. The first-order valence-corrected chi connectivity index (χ1v) is 8.55. The van der Waals surface area contributed by atoms with E-state index in [1.807, 2.05) is 13.0 Å². The van der Waals surface area contributed by atoms with Crippen molar-refractivity contribution in [2.45, 2.75) is 25.7 Å². The Kier molecular flexibility index (Phi) is 5.17. The van der Waals surface area contributed by atoms with Crippen molar-refractivity contribution in [3.63, 3.8) is 0 Å². The first-order chi connectivity index (χ1) is 10.8. The highest BCUT2D eigenvalue weighted by Gasteiger charge is 2.18. The third kappa shape index (κ3) is 4.40. The fraction of sp³-hybridized carbons (Fsp3) is 0.333. The number of hydrogen-bond acceptors (Lipinski definition) is 5. The molecule has 0 atom stereocenters. The van der Waals surface area contributed by atoms with Crippen molar-refractivity contribution in [2.75, 3.05) is 18.0 Å². The van der Waals surface area contributed by atoms with Gasteiger partial charge in [0.15, 0.2) is 5.82 Å². The molecule has 8 heteroatoms. The van der Waals surface area contributed by atoms with E-state index in [1.54, 1.807) is 25.1 Å². The number of benzene rings is 1. The van der Waals surface area contributed by atoms with Gasteiger partial charge in [0.2, 0.25) is 15.9 Å². The Morgan fingerprint density at radius 2 is 2.04 bits per heavy atom.